The monoisotopic (exact) mass is 313 g/mol. The maximum atomic E-state index is 10.6. The van der Waals surface area contributed by atoms with Crippen LogP contribution >= 0.6 is 0 Å². The van der Waals surface area contributed by atoms with Crippen LogP contribution < -0.4 is 9.47 Å². The van der Waals surface area contributed by atoms with Crippen LogP contribution in [-0.4, -0.2) is 46.3 Å². The Morgan fingerprint density at radius 3 is 3.00 bits per heavy atom. The molecule has 0 aliphatic carbocycles. The number of benzene rings is 1. The zero-order valence-corrected chi connectivity index (χ0v) is 12.8. The van der Waals surface area contributed by atoms with Crippen molar-refractivity contribution in [3.63, 3.8) is 0 Å². The van der Waals surface area contributed by atoms with Crippen LogP contribution in [0.25, 0.3) is 0 Å². The molecule has 0 saturated heterocycles. The van der Waals surface area contributed by atoms with Gasteiger partial charge in [-0.15, -0.1) is 0 Å². The fourth-order valence-corrected chi connectivity index (χ4v) is 3.08. The highest BCUT2D eigenvalue weighted by Gasteiger charge is 2.21. The highest BCUT2D eigenvalue weighted by molar-refractivity contribution is 5.44. The molecule has 1 atom stereocenters. The van der Waals surface area contributed by atoms with Crippen molar-refractivity contribution in [2.75, 3.05) is 26.3 Å². The van der Waals surface area contributed by atoms with Crippen molar-refractivity contribution in [2.45, 2.75) is 19.1 Å². The van der Waals surface area contributed by atoms with Crippen LogP contribution in [-0.2, 0) is 13.0 Å². The van der Waals surface area contributed by atoms with Gasteiger partial charge in [0.15, 0.2) is 11.5 Å². The van der Waals surface area contributed by atoms with E-state index in [9.17, 15) is 5.11 Å². The van der Waals surface area contributed by atoms with E-state index in [1.807, 2.05) is 24.4 Å². The Kier molecular flexibility index (Phi) is 3.85. The Balaban J connectivity index is 1.45. The summed E-state index contributed by atoms with van der Waals surface area (Å²) in [4.78, 5) is 10.6. The third kappa shape index (κ3) is 3.00. The van der Waals surface area contributed by atoms with Gasteiger partial charge in [-0.2, -0.15) is 0 Å². The number of hydrogen-bond acceptors (Lipinski definition) is 6. The molecule has 2 aromatic rings. The molecule has 6 heteroatoms. The topological polar surface area (TPSA) is 67.7 Å². The summed E-state index contributed by atoms with van der Waals surface area (Å²) in [6.07, 6.45) is 3.83. The lowest BCUT2D eigenvalue weighted by Gasteiger charge is -2.29. The number of β-amino-alcohol motifs (C(OH)–C–C–N with tert-alkyl or cyclic N) is 1. The summed E-state index contributed by atoms with van der Waals surface area (Å²) >= 11 is 0. The summed E-state index contributed by atoms with van der Waals surface area (Å²) in [7, 11) is 0. The molecule has 6 nitrogen and oxygen atoms in total. The lowest BCUT2D eigenvalue weighted by molar-refractivity contribution is 0.104. The van der Waals surface area contributed by atoms with Gasteiger partial charge in [0.05, 0.1) is 11.8 Å². The van der Waals surface area contributed by atoms with E-state index in [-0.39, 0.29) is 0 Å². The van der Waals surface area contributed by atoms with Crippen LogP contribution in [0.5, 0.6) is 11.5 Å². The van der Waals surface area contributed by atoms with Gasteiger partial charge in [0.25, 0.3) is 0 Å². The van der Waals surface area contributed by atoms with Crippen molar-refractivity contribution in [3.05, 3.63) is 47.5 Å². The van der Waals surface area contributed by atoms with Gasteiger partial charge in [-0.25, -0.2) is 9.97 Å². The molecule has 23 heavy (non-hydrogen) atoms. The second-order valence-corrected chi connectivity index (χ2v) is 5.90. The third-order valence-electron chi connectivity index (χ3n) is 4.33. The predicted molar refractivity (Wildman–Crippen MR) is 83.4 cm³/mol. The molecule has 0 spiro atoms. The molecule has 1 N–H and O–H groups in total. The highest BCUT2D eigenvalue weighted by Crippen LogP contribution is 2.33. The quantitative estimate of drug-likeness (QED) is 0.922. The molecule has 0 bridgehead atoms. The molecule has 2 aliphatic heterocycles. The first-order chi connectivity index (χ1) is 11.3. The summed E-state index contributed by atoms with van der Waals surface area (Å²) in [6.45, 7) is 3.35. The maximum Gasteiger partial charge on any atom is 0.161 e. The fraction of sp³-hybridized carbons (Fsp3) is 0.412. The average molecular weight is 313 g/mol. The molecule has 1 unspecified atom stereocenters. The van der Waals surface area contributed by atoms with E-state index in [0.29, 0.717) is 25.5 Å². The number of fused-ring (bicyclic) bond motifs is 2. The largest absolute Gasteiger partial charge is 0.486 e. The maximum absolute atomic E-state index is 10.6. The Labute approximate surface area is 134 Å². The predicted octanol–water partition coefficient (Wildman–Crippen LogP) is 1.34. The van der Waals surface area contributed by atoms with Crippen LogP contribution in [0.2, 0.25) is 0 Å². The normalized spacial score (nSPS) is 18.3. The molecule has 1 aromatic heterocycles. The van der Waals surface area contributed by atoms with E-state index in [1.165, 1.54) is 5.56 Å². The van der Waals surface area contributed by atoms with Gasteiger partial charge in [-0.05, 0) is 29.7 Å². The molecule has 0 saturated carbocycles. The Morgan fingerprint density at radius 1 is 1.22 bits per heavy atom. The van der Waals surface area contributed by atoms with E-state index in [4.69, 9.17) is 9.47 Å². The van der Waals surface area contributed by atoms with E-state index in [2.05, 4.69) is 14.9 Å². The van der Waals surface area contributed by atoms with E-state index >= 15 is 0 Å². The fourth-order valence-electron chi connectivity index (χ4n) is 3.08. The van der Waals surface area contributed by atoms with Crippen LogP contribution in [0, 0.1) is 0 Å². The van der Waals surface area contributed by atoms with E-state index in [0.717, 1.165) is 36.5 Å². The van der Waals surface area contributed by atoms with Crippen LogP contribution in [0.4, 0.5) is 0 Å². The number of nitrogens with zero attached hydrogens (tertiary/aromatic N) is 3. The molecule has 120 valence electrons. The molecular weight excluding hydrogens is 294 g/mol. The van der Waals surface area contributed by atoms with Gasteiger partial charge >= 0.3 is 0 Å². The van der Waals surface area contributed by atoms with Gasteiger partial charge in [0.1, 0.15) is 19.5 Å². The second kappa shape index (κ2) is 6.14. The Bertz CT molecular complexity index is 707. The van der Waals surface area contributed by atoms with Crippen LogP contribution in [0.1, 0.15) is 22.9 Å². The number of rotatable bonds is 3. The molecule has 2 aliphatic rings. The lowest BCUT2D eigenvalue weighted by atomic mass is 10.0. The van der Waals surface area contributed by atoms with Gasteiger partial charge in [0, 0.05) is 25.8 Å². The number of hydrogen-bond donors (Lipinski definition) is 1. The number of aliphatic hydroxyl groups excluding tert-OH is 1. The van der Waals surface area contributed by atoms with E-state index in [1.54, 1.807) is 6.33 Å². The Morgan fingerprint density at radius 2 is 2.09 bits per heavy atom. The van der Waals surface area contributed by atoms with Gasteiger partial charge in [-0.3, -0.25) is 4.90 Å². The molecular formula is C17H19N3O3. The summed E-state index contributed by atoms with van der Waals surface area (Å²) in [6, 6.07) is 5.64. The molecule has 0 fully saturated rings. The zero-order valence-electron chi connectivity index (χ0n) is 12.8. The summed E-state index contributed by atoms with van der Waals surface area (Å²) in [5, 5.41) is 10.6. The van der Waals surface area contributed by atoms with Gasteiger partial charge in [-0.1, -0.05) is 6.07 Å². The molecule has 4 rings (SSSR count). The first-order valence-corrected chi connectivity index (χ1v) is 7.87. The standard InChI is InChI=1S/C17H19N3O3/c21-15(12-1-2-16-17(7-12)23-6-5-22-16)10-20-4-3-13-8-18-11-19-14(13)9-20/h1-2,7-8,11,15,21H,3-6,9-10H2. The lowest BCUT2D eigenvalue weighted by Crippen LogP contribution is -2.34. The number of aromatic nitrogens is 2. The smallest absolute Gasteiger partial charge is 0.161 e. The van der Waals surface area contributed by atoms with Gasteiger partial charge < -0.3 is 14.6 Å². The Hall–Kier alpha value is -2.18. The molecule has 1 aromatic carbocycles. The van der Waals surface area contributed by atoms with Crippen molar-refractivity contribution in [1.29, 1.82) is 0 Å². The zero-order chi connectivity index (χ0) is 15.6. The SMILES string of the molecule is OC(CN1CCc2cncnc2C1)c1ccc2c(c1)OCCO2. The number of ether oxygens (including phenoxy) is 2. The minimum atomic E-state index is -0.561. The highest BCUT2D eigenvalue weighted by atomic mass is 16.6. The first kappa shape index (κ1) is 14.4. The summed E-state index contributed by atoms with van der Waals surface area (Å²) < 4.78 is 11.1. The summed E-state index contributed by atoms with van der Waals surface area (Å²) in [5.74, 6) is 1.46. The molecule has 3 heterocycles. The first-order valence-electron chi connectivity index (χ1n) is 7.87. The van der Waals surface area contributed by atoms with Crippen molar-refractivity contribution in [3.8, 4) is 11.5 Å². The summed E-state index contributed by atoms with van der Waals surface area (Å²) in [5.41, 5.74) is 3.11. The van der Waals surface area contributed by atoms with Crippen molar-refractivity contribution < 1.29 is 14.6 Å². The average Bonchev–Trinajstić information content (AvgIpc) is 2.61. The second-order valence-electron chi connectivity index (χ2n) is 5.90. The van der Waals surface area contributed by atoms with Crippen LogP contribution in [0.3, 0.4) is 0 Å². The minimum absolute atomic E-state index is 0.551. The molecule has 0 amide bonds. The third-order valence-corrected chi connectivity index (χ3v) is 4.33. The van der Waals surface area contributed by atoms with Crippen LogP contribution in [0.15, 0.2) is 30.7 Å². The van der Waals surface area contributed by atoms with Crippen molar-refractivity contribution >= 4 is 0 Å². The van der Waals surface area contributed by atoms with Crippen molar-refractivity contribution in [2.24, 2.45) is 0 Å². The van der Waals surface area contributed by atoms with Gasteiger partial charge in [0.2, 0.25) is 0 Å². The number of aliphatic hydroxyl groups is 1. The van der Waals surface area contributed by atoms with Crippen molar-refractivity contribution in [1.82, 2.24) is 14.9 Å². The minimum Gasteiger partial charge on any atom is -0.486 e. The van der Waals surface area contributed by atoms with E-state index < -0.39 is 6.10 Å². The molecule has 0 radical (unpaired) electrons.